The molecule has 0 bridgehead atoms. The van der Waals surface area contributed by atoms with Crippen molar-refractivity contribution in [2.45, 2.75) is 39.7 Å². The molecular weight excluding hydrogens is 268 g/mol. The van der Waals surface area contributed by atoms with Crippen LogP contribution in [-0.2, 0) is 12.0 Å². The first-order chi connectivity index (χ1) is 9.77. The van der Waals surface area contributed by atoms with Crippen molar-refractivity contribution in [2.24, 2.45) is 0 Å². The molecule has 0 fully saturated rings. The van der Waals surface area contributed by atoms with Crippen LogP contribution in [0.25, 0.3) is 0 Å². The van der Waals surface area contributed by atoms with Gasteiger partial charge in [-0.15, -0.1) is 0 Å². The topological polar surface area (TPSA) is 59.7 Å². The first-order valence-corrected chi connectivity index (χ1v) is 6.83. The van der Waals surface area contributed by atoms with E-state index in [9.17, 15) is 4.79 Å². The zero-order valence-corrected chi connectivity index (χ0v) is 12.8. The van der Waals surface area contributed by atoms with E-state index in [2.05, 4.69) is 26.8 Å². The van der Waals surface area contributed by atoms with E-state index in [4.69, 9.17) is 14.3 Å². The Bertz CT molecular complexity index is 647. The number of carbonyl (C=O) groups is 1. The van der Waals surface area contributed by atoms with Gasteiger partial charge in [0, 0.05) is 0 Å². The van der Waals surface area contributed by atoms with Crippen LogP contribution in [-0.4, -0.2) is 11.1 Å². The lowest BCUT2D eigenvalue weighted by atomic mass is 9.85. The molecule has 0 radical (unpaired) electrons. The summed E-state index contributed by atoms with van der Waals surface area (Å²) >= 11 is 0. The van der Waals surface area contributed by atoms with Gasteiger partial charge in [0.1, 0.15) is 18.1 Å². The van der Waals surface area contributed by atoms with Crippen LogP contribution >= 0.6 is 0 Å². The SMILES string of the molecule is Cc1ccc(OCc2ccc(C(=O)O)o2)c(C(C)(C)C)c1. The molecule has 1 N–H and O–H groups in total. The van der Waals surface area contributed by atoms with Gasteiger partial charge < -0.3 is 14.3 Å². The average Bonchev–Trinajstić information content (AvgIpc) is 2.85. The highest BCUT2D eigenvalue weighted by atomic mass is 16.5. The molecular formula is C17H20O4. The molecule has 0 saturated carbocycles. The Kier molecular flexibility index (Phi) is 4.07. The van der Waals surface area contributed by atoms with Crippen LogP contribution in [0, 0.1) is 6.92 Å². The summed E-state index contributed by atoms with van der Waals surface area (Å²) in [4.78, 5) is 10.8. The van der Waals surface area contributed by atoms with Crippen LogP contribution in [0.4, 0.5) is 0 Å². The quantitative estimate of drug-likeness (QED) is 0.917. The van der Waals surface area contributed by atoms with Crippen LogP contribution in [0.15, 0.2) is 34.7 Å². The van der Waals surface area contributed by atoms with E-state index in [1.807, 2.05) is 19.1 Å². The number of ether oxygens (including phenoxy) is 1. The van der Waals surface area contributed by atoms with Gasteiger partial charge in [-0.25, -0.2) is 4.79 Å². The molecule has 4 heteroatoms. The zero-order valence-electron chi connectivity index (χ0n) is 12.8. The molecule has 0 saturated heterocycles. The summed E-state index contributed by atoms with van der Waals surface area (Å²) in [6.45, 7) is 8.64. The molecule has 0 aliphatic carbocycles. The van der Waals surface area contributed by atoms with Crippen LogP contribution in [0.3, 0.4) is 0 Å². The van der Waals surface area contributed by atoms with Crippen molar-refractivity contribution < 1.29 is 19.1 Å². The van der Waals surface area contributed by atoms with E-state index in [1.165, 1.54) is 11.6 Å². The first kappa shape index (κ1) is 15.2. The zero-order chi connectivity index (χ0) is 15.6. The monoisotopic (exact) mass is 288 g/mol. The number of furan rings is 1. The molecule has 4 nitrogen and oxygen atoms in total. The van der Waals surface area contributed by atoms with E-state index in [-0.39, 0.29) is 17.8 Å². The van der Waals surface area contributed by atoms with Gasteiger partial charge in [0.25, 0.3) is 0 Å². The van der Waals surface area contributed by atoms with Crippen LogP contribution in [0.2, 0.25) is 0 Å². The lowest BCUT2D eigenvalue weighted by molar-refractivity contribution is 0.0658. The second-order valence-corrected chi connectivity index (χ2v) is 6.11. The summed E-state index contributed by atoms with van der Waals surface area (Å²) < 4.78 is 11.0. The predicted octanol–water partition coefficient (Wildman–Crippen LogP) is 4.16. The average molecular weight is 288 g/mol. The van der Waals surface area contributed by atoms with E-state index in [1.54, 1.807) is 6.07 Å². The molecule has 0 aliphatic heterocycles. The fourth-order valence-corrected chi connectivity index (χ4v) is 2.08. The number of aromatic carboxylic acids is 1. The fourth-order valence-electron chi connectivity index (χ4n) is 2.08. The second-order valence-electron chi connectivity index (χ2n) is 6.11. The van der Waals surface area contributed by atoms with Crippen molar-refractivity contribution in [1.82, 2.24) is 0 Å². The van der Waals surface area contributed by atoms with Crippen LogP contribution in [0.5, 0.6) is 5.75 Å². The van der Waals surface area contributed by atoms with Gasteiger partial charge in [-0.2, -0.15) is 0 Å². The molecule has 0 spiro atoms. The Hall–Kier alpha value is -2.23. The van der Waals surface area contributed by atoms with Crippen molar-refractivity contribution in [3.63, 3.8) is 0 Å². The molecule has 0 unspecified atom stereocenters. The van der Waals surface area contributed by atoms with Gasteiger partial charge in [-0.3, -0.25) is 0 Å². The second kappa shape index (κ2) is 5.64. The maximum absolute atomic E-state index is 10.8. The van der Waals surface area contributed by atoms with Crippen molar-refractivity contribution >= 4 is 5.97 Å². The Morgan fingerprint density at radius 3 is 2.52 bits per heavy atom. The highest BCUT2D eigenvalue weighted by Crippen LogP contribution is 2.32. The van der Waals surface area contributed by atoms with E-state index in [0.717, 1.165) is 11.3 Å². The summed E-state index contributed by atoms with van der Waals surface area (Å²) in [5, 5.41) is 8.83. The van der Waals surface area contributed by atoms with Crippen LogP contribution < -0.4 is 4.74 Å². The molecule has 1 aromatic carbocycles. The van der Waals surface area contributed by atoms with Gasteiger partial charge in [0.2, 0.25) is 5.76 Å². The van der Waals surface area contributed by atoms with Crippen molar-refractivity contribution in [3.8, 4) is 5.75 Å². The molecule has 0 aliphatic rings. The Balaban J connectivity index is 2.18. The summed E-state index contributed by atoms with van der Waals surface area (Å²) in [5.41, 5.74) is 2.27. The maximum atomic E-state index is 10.8. The molecule has 2 aromatic rings. The Morgan fingerprint density at radius 1 is 1.24 bits per heavy atom. The molecule has 0 amide bonds. The van der Waals surface area contributed by atoms with Crippen LogP contribution in [0.1, 0.15) is 48.2 Å². The molecule has 112 valence electrons. The van der Waals surface area contributed by atoms with Gasteiger partial charge in [-0.05, 0) is 36.1 Å². The molecule has 21 heavy (non-hydrogen) atoms. The number of carboxylic acids is 1. The van der Waals surface area contributed by atoms with Gasteiger partial charge >= 0.3 is 5.97 Å². The lowest BCUT2D eigenvalue weighted by Crippen LogP contribution is -2.13. The smallest absolute Gasteiger partial charge is 0.371 e. The maximum Gasteiger partial charge on any atom is 0.371 e. The third kappa shape index (κ3) is 3.66. The minimum atomic E-state index is -1.08. The molecule has 2 rings (SSSR count). The Labute approximate surface area is 124 Å². The van der Waals surface area contributed by atoms with E-state index < -0.39 is 5.97 Å². The highest BCUT2D eigenvalue weighted by Gasteiger charge is 2.19. The fraction of sp³-hybridized carbons (Fsp3) is 0.353. The first-order valence-electron chi connectivity index (χ1n) is 6.83. The number of rotatable bonds is 4. The summed E-state index contributed by atoms with van der Waals surface area (Å²) in [6.07, 6.45) is 0. The number of benzene rings is 1. The summed E-state index contributed by atoms with van der Waals surface area (Å²) in [6, 6.07) is 9.10. The third-order valence-corrected chi connectivity index (χ3v) is 3.19. The molecule has 1 heterocycles. The Morgan fingerprint density at radius 2 is 1.95 bits per heavy atom. The van der Waals surface area contributed by atoms with Gasteiger partial charge in [0.05, 0.1) is 0 Å². The van der Waals surface area contributed by atoms with Crippen molar-refractivity contribution in [1.29, 1.82) is 0 Å². The highest BCUT2D eigenvalue weighted by molar-refractivity contribution is 5.84. The third-order valence-electron chi connectivity index (χ3n) is 3.19. The standard InChI is InChI=1S/C17H20O4/c1-11-5-7-14(13(9-11)17(2,3)4)20-10-12-6-8-15(21-12)16(18)19/h5-9H,10H2,1-4H3,(H,18,19). The van der Waals surface area contributed by atoms with Gasteiger partial charge in [0.15, 0.2) is 0 Å². The number of hydrogen-bond acceptors (Lipinski definition) is 3. The minimum absolute atomic E-state index is 0.0310. The predicted molar refractivity (Wildman–Crippen MR) is 79.9 cm³/mol. The minimum Gasteiger partial charge on any atom is -0.485 e. The summed E-state index contributed by atoms with van der Waals surface area (Å²) in [5.74, 6) is 0.134. The summed E-state index contributed by atoms with van der Waals surface area (Å²) in [7, 11) is 0. The molecule has 0 atom stereocenters. The largest absolute Gasteiger partial charge is 0.485 e. The number of aryl methyl sites for hydroxylation is 1. The van der Waals surface area contributed by atoms with E-state index in [0.29, 0.717) is 5.76 Å². The normalized spacial score (nSPS) is 11.4. The lowest BCUT2D eigenvalue weighted by Gasteiger charge is -2.23. The number of hydrogen-bond donors (Lipinski definition) is 1. The van der Waals surface area contributed by atoms with E-state index >= 15 is 0 Å². The molecule has 1 aromatic heterocycles. The van der Waals surface area contributed by atoms with Crippen molar-refractivity contribution in [2.75, 3.05) is 0 Å². The van der Waals surface area contributed by atoms with Crippen molar-refractivity contribution in [3.05, 3.63) is 53.0 Å². The number of carboxylic acid groups (broad SMARTS) is 1. The van der Waals surface area contributed by atoms with Gasteiger partial charge in [-0.1, -0.05) is 38.5 Å².